The number of para-hydroxylation sites is 1. The van der Waals surface area contributed by atoms with Crippen LogP contribution in [0.25, 0.3) is 0 Å². The molecule has 0 aromatic heterocycles. The average molecular weight is 372 g/mol. The first-order valence-electron chi connectivity index (χ1n) is 8.59. The molecule has 27 heavy (non-hydrogen) atoms. The van der Waals surface area contributed by atoms with E-state index in [0.717, 1.165) is 5.75 Å². The number of amides is 2. The monoisotopic (exact) mass is 372 g/mol. The maximum absolute atomic E-state index is 12.1. The highest BCUT2D eigenvalue weighted by Crippen LogP contribution is 2.27. The van der Waals surface area contributed by atoms with Crippen molar-refractivity contribution in [3.05, 3.63) is 54.1 Å². The van der Waals surface area contributed by atoms with Crippen molar-refractivity contribution in [1.29, 1.82) is 0 Å². The molecule has 2 amide bonds. The minimum absolute atomic E-state index is 0.104. The van der Waals surface area contributed by atoms with Crippen LogP contribution in [0.4, 0.5) is 0 Å². The molecule has 2 rings (SSSR count). The molecule has 0 fully saturated rings. The summed E-state index contributed by atoms with van der Waals surface area (Å²) in [6.07, 6.45) is 0.671. The SMILES string of the molecule is COc1ccc(C(=O)NCC(=O)NCCCOc2ccccc2)cc1OC. The summed E-state index contributed by atoms with van der Waals surface area (Å²) >= 11 is 0. The standard InChI is InChI=1S/C20H24N2O5/c1-25-17-10-9-15(13-18(17)26-2)20(24)22-14-19(23)21-11-6-12-27-16-7-4-3-5-8-16/h3-5,7-10,13H,6,11-12,14H2,1-2H3,(H,21,23)(H,22,24). The summed E-state index contributed by atoms with van der Waals surface area (Å²) < 4.78 is 15.8. The van der Waals surface area contributed by atoms with E-state index in [2.05, 4.69) is 10.6 Å². The third-order valence-corrected chi connectivity index (χ3v) is 3.71. The summed E-state index contributed by atoms with van der Waals surface area (Å²) in [5.41, 5.74) is 0.386. The molecule has 2 aromatic rings. The number of hydrogen-bond acceptors (Lipinski definition) is 5. The van der Waals surface area contributed by atoms with Gasteiger partial charge in [-0.1, -0.05) is 18.2 Å². The van der Waals surface area contributed by atoms with Crippen LogP contribution in [0.15, 0.2) is 48.5 Å². The lowest BCUT2D eigenvalue weighted by molar-refractivity contribution is -0.120. The first-order valence-corrected chi connectivity index (χ1v) is 8.59. The maximum Gasteiger partial charge on any atom is 0.251 e. The first kappa shape index (κ1) is 20.1. The Labute approximate surface area is 158 Å². The van der Waals surface area contributed by atoms with Crippen LogP contribution in [0.5, 0.6) is 17.2 Å². The van der Waals surface area contributed by atoms with Crippen LogP contribution in [0.3, 0.4) is 0 Å². The highest BCUT2D eigenvalue weighted by molar-refractivity contribution is 5.97. The van der Waals surface area contributed by atoms with Crippen molar-refractivity contribution in [2.24, 2.45) is 0 Å². The topological polar surface area (TPSA) is 85.9 Å². The normalized spacial score (nSPS) is 10.0. The maximum atomic E-state index is 12.1. The van der Waals surface area contributed by atoms with Crippen LogP contribution in [0.2, 0.25) is 0 Å². The quantitative estimate of drug-likeness (QED) is 0.623. The van der Waals surface area contributed by atoms with Gasteiger partial charge < -0.3 is 24.8 Å². The highest BCUT2D eigenvalue weighted by Gasteiger charge is 2.11. The number of ether oxygens (including phenoxy) is 3. The van der Waals surface area contributed by atoms with Crippen LogP contribution < -0.4 is 24.8 Å². The fourth-order valence-corrected chi connectivity index (χ4v) is 2.31. The van der Waals surface area contributed by atoms with Gasteiger partial charge in [0.05, 0.1) is 27.4 Å². The molecule has 0 radical (unpaired) electrons. The zero-order valence-electron chi connectivity index (χ0n) is 15.5. The second kappa shape index (κ2) is 10.7. The van der Waals surface area contributed by atoms with Crippen molar-refractivity contribution in [2.75, 3.05) is 33.9 Å². The van der Waals surface area contributed by atoms with Gasteiger partial charge in [0.25, 0.3) is 5.91 Å². The van der Waals surface area contributed by atoms with E-state index < -0.39 is 0 Å². The number of nitrogens with one attached hydrogen (secondary N) is 2. The fourth-order valence-electron chi connectivity index (χ4n) is 2.31. The van der Waals surface area contributed by atoms with Crippen LogP contribution in [-0.4, -0.2) is 45.7 Å². The molecule has 0 unspecified atom stereocenters. The van der Waals surface area contributed by atoms with E-state index in [9.17, 15) is 9.59 Å². The molecule has 144 valence electrons. The van der Waals surface area contributed by atoms with Crippen LogP contribution in [0.1, 0.15) is 16.8 Å². The fraction of sp³-hybridized carbons (Fsp3) is 0.300. The van der Waals surface area contributed by atoms with Gasteiger partial charge in [0.15, 0.2) is 11.5 Å². The van der Waals surface area contributed by atoms with Crippen molar-refractivity contribution in [1.82, 2.24) is 10.6 Å². The summed E-state index contributed by atoms with van der Waals surface area (Å²) in [6.45, 7) is 0.868. The minimum Gasteiger partial charge on any atom is -0.494 e. The van der Waals surface area contributed by atoms with Crippen molar-refractivity contribution in [2.45, 2.75) is 6.42 Å². The largest absolute Gasteiger partial charge is 0.494 e. The zero-order valence-corrected chi connectivity index (χ0v) is 15.5. The Morgan fingerprint density at radius 1 is 0.926 bits per heavy atom. The molecule has 0 atom stereocenters. The Kier molecular flexibility index (Phi) is 7.96. The van der Waals surface area contributed by atoms with E-state index in [1.165, 1.54) is 14.2 Å². The number of carbonyl (C=O) groups is 2. The Morgan fingerprint density at radius 3 is 2.37 bits per heavy atom. The molecule has 0 saturated heterocycles. The number of rotatable bonds is 10. The second-order valence-corrected chi connectivity index (χ2v) is 5.62. The molecule has 2 aromatic carbocycles. The van der Waals surface area contributed by atoms with Crippen molar-refractivity contribution in [3.63, 3.8) is 0 Å². The second-order valence-electron chi connectivity index (χ2n) is 5.62. The van der Waals surface area contributed by atoms with Gasteiger partial charge in [0, 0.05) is 12.1 Å². The molecule has 2 N–H and O–H groups in total. The molecule has 7 nitrogen and oxygen atoms in total. The molecule has 0 saturated carbocycles. The average Bonchev–Trinajstić information content (AvgIpc) is 2.71. The Balaban J connectivity index is 1.67. The van der Waals surface area contributed by atoms with Gasteiger partial charge in [0.1, 0.15) is 5.75 Å². The van der Waals surface area contributed by atoms with Crippen molar-refractivity contribution >= 4 is 11.8 Å². The van der Waals surface area contributed by atoms with Crippen molar-refractivity contribution in [3.8, 4) is 17.2 Å². The van der Waals surface area contributed by atoms with Gasteiger partial charge in [-0.25, -0.2) is 0 Å². The Bertz CT molecular complexity index is 749. The van der Waals surface area contributed by atoms with E-state index in [1.54, 1.807) is 18.2 Å². The molecule has 0 heterocycles. The molecular formula is C20H24N2O5. The third kappa shape index (κ3) is 6.54. The van der Waals surface area contributed by atoms with Gasteiger partial charge in [0.2, 0.25) is 5.91 Å². The summed E-state index contributed by atoms with van der Waals surface area (Å²) in [7, 11) is 3.02. The van der Waals surface area contributed by atoms with Gasteiger partial charge in [-0.15, -0.1) is 0 Å². The van der Waals surface area contributed by atoms with Crippen LogP contribution >= 0.6 is 0 Å². The highest BCUT2D eigenvalue weighted by atomic mass is 16.5. The summed E-state index contributed by atoms with van der Waals surface area (Å²) in [5.74, 6) is 1.16. The molecular weight excluding hydrogens is 348 g/mol. The first-order chi connectivity index (χ1) is 13.1. The van der Waals surface area contributed by atoms with Gasteiger partial charge in [-0.2, -0.15) is 0 Å². The van der Waals surface area contributed by atoms with Gasteiger partial charge in [-0.3, -0.25) is 9.59 Å². The molecule has 0 aliphatic rings. The molecule has 7 heteroatoms. The smallest absolute Gasteiger partial charge is 0.251 e. The van der Waals surface area contributed by atoms with Gasteiger partial charge >= 0.3 is 0 Å². The minimum atomic E-state index is -0.362. The van der Waals surface area contributed by atoms with E-state index in [0.29, 0.717) is 36.6 Å². The number of methoxy groups -OCH3 is 2. The number of benzene rings is 2. The van der Waals surface area contributed by atoms with E-state index in [1.807, 2.05) is 30.3 Å². The van der Waals surface area contributed by atoms with E-state index in [4.69, 9.17) is 14.2 Å². The molecule has 0 aliphatic carbocycles. The lowest BCUT2D eigenvalue weighted by Crippen LogP contribution is -2.37. The molecule has 0 bridgehead atoms. The van der Waals surface area contributed by atoms with E-state index >= 15 is 0 Å². The van der Waals surface area contributed by atoms with Crippen LogP contribution in [-0.2, 0) is 4.79 Å². The van der Waals surface area contributed by atoms with E-state index in [-0.39, 0.29) is 18.4 Å². The predicted molar refractivity (Wildman–Crippen MR) is 101 cm³/mol. The van der Waals surface area contributed by atoms with Crippen LogP contribution in [0, 0.1) is 0 Å². The Hall–Kier alpha value is -3.22. The summed E-state index contributed by atoms with van der Waals surface area (Å²) in [5, 5.41) is 5.31. The lowest BCUT2D eigenvalue weighted by atomic mass is 10.2. The summed E-state index contributed by atoms with van der Waals surface area (Å²) in [4.78, 5) is 24.0. The number of carbonyl (C=O) groups excluding carboxylic acids is 2. The third-order valence-electron chi connectivity index (χ3n) is 3.71. The molecule has 0 aliphatic heterocycles. The molecule has 0 spiro atoms. The van der Waals surface area contributed by atoms with Gasteiger partial charge in [-0.05, 0) is 36.8 Å². The zero-order chi connectivity index (χ0) is 19.5. The number of hydrogen-bond donors (Lipinski definition) is 2. The predicted octanol–water partition coefficient (Wildman–Crippen LogP) is 2.02. The Morgan fingerprint density at radius 2 is 1.67 bits per heavy atom. The summed E-state index contributed by atoms with van der Waals surface area (Å²) in [6, 6.07) is 14.3. The van der Waals surface area contributed by atoms with Crippen molar-refractivity contribution < 1.29 is 23.8 Å². The lowest BCUT2D eigenvalue weighted by Gasteiger charge is -2.10.